The van der Waals surface area contributed by atoms with Crippen molar-refractivity contribution in [3.8, 4) is 5.69 Å². The van der Waals surface area contributed by atoms with Crippen LogP contribution in [0.4, 0.5) is 5.69 Å². The van der Waals surface area contributed by atoms with Crippen molar-refractivity contribution in [3.05, 3.63) is 108 Å². The molecule has 2 heteroatoms. The zero-order chi connectivity index (χ0) is 26.1. The monoisotopic (exact) mass is 488 g/mol. The van der Waals surface area contributed by atoms with Gasteiger partial charge in [0.05, 0.1) is 17.1 Å². The first-order valence-electron chi connectivity index (χ1n) is 13.9. The van der Waals surface area contributed by atoms with Crippen LogP contribution in [0.1, 0.15) is 82.5 Å². The predicted octanol–water partition coefficient (Wildman–Crippen LogP) is 10.0. The average molecular weight is 489 g/mol. The predicted molar refractivity (Wildman–Crippen MR) is 161 cm³/mol. The maximum atomic E-state index is 2.67. The Labute approximate surface area is 222 Å². The fourth-order valence-corrected chi connectivity index (χ4v) is 5.87. The van der Waals surface area contributed by atoms with Crippen LogP contribution in [-0.2, 0) is 0 Å². The normalized spacial score (nSPS) is 12.6. The maximum Gasteiger partial charge on any atom is 0.0541 e. The summed E-state index contributed by atoms with van der Waals surface area (Å²) < 4.78 is 2.40. The second-order valence-electron chi connectivity index (χ2n) is 10.9. The van der Waals surface area contributed by atoms with Crippen molar-refractivity contribution in [2.45, 2.75) is 65.8 Å². The SMILES string of the molecule is CCCN(c1c(C(C)C)cccc1C(C)C)C(C)c1ccc2c(c1)c1ccccc1n2-c1ccccc1. The number of hydrogen-bond acceptors (Lipinski definition) is 1. The van der Waals surface area contributed by atoms with E-state index in [-0.39, 0.29) is 6.04 Å². The number of para-hydroxylation sites is 3. The fraction of sp³-hybridized carbons (Fsp3) is 0.314. The molecule has 0 aliphatic heterocycles. The van der Waals surface area contributed by atoms with Crippen molar-refractivity contribution in [2.75, 3.05) is 11.4 Å². The Kier molecular flexibility index (Phi) is 7.11. The highest BCUT2D eigenvalue weighted by molar-refractivity contribution is 6.09. The molecule has 1 heterocycles. The Morgan fingerprint density at radius 2 is 1.27 bits per heavy atom. The summed E-state index contributed by atoms with van der Waals surface area (Å²) in [5.74, 6) is 0.957. The van der Waals surface area contributed by atoms with Gasteiger partial charge in [-0.15, -0.1) is 0 Å². The number of anilines is 1. The van der Waals surface area contributed by atoms with E-state index >= 15 is 0 Å². The highest BCUT2D eigenvalue weighted by Gasteiger charge is 2.24. The second kappa shape index (κ2) is 10.5. The number of fused-ring (bicyclic) bond motifs is 3. The van der Waals surface area contributed by atoms with E-state index in [1.165, 1.54) is 49.9 Å². The van der Waals surface area contributed by atoms with Crippen LogP contribution in [0.25, 0.3) is 27.5 Å². The van der Waals surface area contributed by atoms with Gasteiger partial charge in [0.15, 0.2) is 0 Å². The smallest absolute Gasteiger partial charge is 0.0541 e. The number of aromatic nitrogens is 1. The van der Waals surface area contributed by atoms with E-state index in [9.17, 15) is 0 Å². The van der Waals surface area contributed by atoms with Crippen molar-refractivity contribution in [3.63, 3.8) is 0 Å². The van der Waals surface area contributed by atoms with Crippen molar-refractivity contribution in [2.24, 2.45) is 0 Å². The summed E-state index contributed by atoms with van der Waals surface area (Å²) in [5, 5.41) is 2.63. The van der Waals surface area contributed by atoms with Gasteiger partial charge in [0, 0.05) is 28.7 Å². The quantitative estimate of drug-likeness (QED) is 0.211. The number of hydrogen-bond donors (Lipinski definition) is 0. The molecule has 5 rings (SSSR count). The van der Waals surface area contributed by atoms with Crippen molar-refractivity contribution in [1.29, 1.82) is 0 Å². The zero-order valence-corrected chi connectivity index (χ0v) is 23.2. The average Bonchev–Trinajstić information content (AvgIpc) is 3.25. The second-order valence-corrected chi connectivity index (χ2v) is 10.9. The maximum absolute atomic E-state index is 2.67. The van der Waals surface area contributed by atoms with E-state index in [4.69, 9.17) is 0 Å². The molecule has 2 nitrogen and oxygen atoms in total. The first-order chi connectivity index (χ1) is 17.9. The molecule has 5 aromatic rings. The van der Waals surface area contributed by atoms with Crippen LogP contribution in [0.5, 0.6) is 0 Å². The summed E-state index contributed by atoms with van der Waals surface area (Å²) in [7, 11) is 0. The molecule has 4 aromatic carbocycles. The van der Waals surface area contributed by atoms with Crippen molar-refractivity contribution < 1.29 is 0 Å². The lowest BCUT2D eigenvalue weighted by molar-refractivity contribution is 0.645. The Hall–Kier alpha value is -3.52. The van der Waals surface area contributed by atoms with E-state index in [1.807, 2.05) is 0 Å². The standard InChI is InChI=1S/C35H40N2/c1-7-22-36(35-29(24(2)3)17-13-18-30(35)25(4)5)26(6)27-20-21-34-32(23-27)31-16-11-12-19-33(31)37(34)28-14-9-8-10-15-28/h8-21,23-26H,7,22H2,1-6H3. The molecule has 0 fully saturated rings. The summed E-state index contributed by atoms with van der Waals surface area (Å²) in [6.45, 7) is 15.0. The van der Waals surface area contributed by atoms with Crippen LogP contribution < -0.4 is 4.90 Å². The van der Waals surface area contributed by atoms with Gasteiger partial charge in [0.2, 0.25) is 0 Å². The molecule has 0 saturated heterocycles. The van der Waals surface area contributed by atoms with E-state index in [2.05, 4.69) is 142 Å². The molecule has 0 spiro atoms. The molecule has 37 heavy (non-hydrogen) atoms. The minimum absolute atomic E-state index is 0.264. The molecule has 0 aliphatic rings. The topological polar surface area (TPSA) is 8.17 Å². The van der Waals surface area contributed by atoms with Crippen LogP contribution >= 0.6 is 0 Å². The molecule has 190 valence electrons. The molecule has 0 amide bonds. The van der Waals surface area contributed by atoms with Gasteiger partial charge in [0.25, 0.3) is 0 Å². The molecule has 1 unspecified atom stereocenters. The van der Waals surface area contributed by atoms with Crippen LogP contribution in [0.15, 0.2) is 91.0 Å². The van der Waals surface area contributed by atoms with Gasteiger partial charge in [-0.1, -0.05) is 95.3 Å². The molecule has 1 atom stereocenters. The van der Waals surface area contributed by atoms with Gasteiger partial charge < -0.3 is 9.47 Å². The summed E-state index contributed by atoms with van der Waals surface area (Å²) >= 11 is 0. The van der Waals surface area contributed by atoms with Crippen LogP contribution in [0.2, 0.25) is 0 Å². The lowest BCUT2D eigenvalue weighted by atomic mass is 9.90. The van der Waals surface area contributed by atoms with Gasteiger partial charge in [0.1, 0.15) is 0 Å². The highest BCUT2D eigenvalue weighted by atomic mass is 15.2. The minimum atomic E-state index is 0.264. The van der Waals surface area contributed by atoms with E-state index in [0.29, 0.717) is 11.8 Å². The van der Waals surface area contributed by atoms with Gasteiger partial charge >= 0.3 is 0 Å². The summed E-state index contributed by atoms with van der Waals surface area (Å²) in [6.07, 6.45) is 1.11. The number of benzene rings is 4. The van der Waals surface area contributed by atoms with Crippen LogP contribution in [0, 0.1) is 0 Å². The Balaban J connectivity index is 1.68. The Morgan fingerprint density at radius 1 is 0.649 bits per heavy atom. The molecule has 0 bridgehead atoms. The largest absolute Gasteiger partial charge is 0.364 e. The van der Waals surface area contributed by atoms with Crippen molar-refractivity contribution >= 4 is 27.5 Å². The minimum Gasteiger partial charge on any atom is -0.364 e. The summed E-state index contributed by atoms with van der Waals surface area (Å²) in [4.78, 5) is 2.67. The summed E-state index contributed by atoms with van der Waals surface area (Å²) in [5.41, 5.74) is 9.43. The van der Waals surface area contributed by atoms with Crippen molar-refractivity contribution in [1.82, 2.24) is 4.57 Å². The molecule has 0 N–H and O–H groups in total. The Bertz CT molecular complexity index is 1480. The van der Waals surface area contributed by atoms with Gasteiger partial charge in [-0.05, 0) is 72.2 Å². The third-order valence-electron chi connectivity index (χ3n) is 7.76. The third kappa shape index (κ3) is 4.55. The molecule has 0 aliphatic carbocycles. The molecule has 0 saturated carbocycles. The van der Waals surface area contributed by atoms with Gasteiger partial charge in [-0.2, -0.15) is 0 Å². The number of nitrogens with zero attached hydrogens (tertiary/aromatic N) is 2. The lowest BCUT2D eigenvalue weighted by Gasteiger charge is -2.36. The van der Waals surface area contributed by atoms with Crippen LogP contribution in [-0.4, -0.2) is 11.1 Å². The summed E-state index contributed by atoms with van der Waals surface area (Å²) in [6, 6.07) is 33.8. The van der Waals surface area contributed by atoms with E-state index < -0.39 is 0 Å². The number of rotatable bonds is 8. The van der Waals surface area contributed by atoms with Crippen LogP contribution in [0.3, 0.4) is 0 Å². The molecular formula is C35H40N2. The first-order valence-corrected chi connectivity index (χ1v) is 13.9. The molecular weight excluding hydrogens is 448 g/mol. The molecule has 1 aromatic heterocycles. The first kappa shape index (κ1) is 25.1. The van der Waals surface area contributed by atoms with Gasteiger partial charge in [-0.3, -0.25) is 0 Å². The molecule has 0 radical (unpaired) electrons. The third-order valence-corrected chi connectivity index (χ3v) is 7.76. The Morgan fingerprint density at radius 3 is 1.92 bits per heavy atom. The highest BCUT2D eigenvalue weighted by Crippen LogP contribution is 2.41. The van der Waals surface area contributed by atoms with E-state index in [1.54, 1.807) is 0 Å². The zero-order valence-electron chi connectivity index (χ0n) is 23.2. The van der Waals surface area contributed by atoms with Gasteiger partial charge in [-0.25, -0.2) is 0 Å². The lowest BCUT2D eigenvalue weighted by Crippen LogP contribution is -2.30. The van der Waals surface area contributed by atoms with E-state index in [0.717, 1.165) is 13.0 Å². The fourth-order valence-electron chi connectivity index (χ4n) is 5.87.